The molecule has 100 valence electrons. The van der Waals surface area contributed by atoms with Crippen molar-refractivity contribution in [3.63, 3.8) is 0 Å². The highest BCUT2D eigenvalue weighted by Crippen LogP contribution is 2.29. The molecule has 0 aliphatic carbocycles. The van der Waals surface area contributed by atoms with Gasteiger partial charge in [0, 0.05) is 19.0 Å². The summed E-state index contributed by atoms with van der Waals surface area (Å²) in [6, 6.07) is 0. The van der Waals surface area contributed by atoms with Gasteiger partial charge in [0.25, 0.3) is 0 Å². The van der Waals surface area contributed by atoms with Crippen LogP contribution in [0.3, 0.4) is 0 Å². The van der Waals surface area contributed by atoms with Crippen LogP contribution in [0, 0.1) is 5.41 Å². The molecule has 0 bridgehead atoms. The highest BCUT2D eigenvalue weighted by atomic mass is 79.9. The minimum absolute atomic E-state index is 0.212. The monoisotopic (exact) mass is 313 g/mol. The Bertz CT molecular complexity index is 461. The van der Waals surface area contributed by atoms with Crippen molar-refractivity contribution in [2.75, 3.05) is 13.1 Å². The van der Waals surface area contributed by atoms with E-state index in [9.17, 15) is 4.79 Å². The second-order valence-corrected chi connectivity index (χ2v) is 6.06. The molecule has 1 aromatic rings. The van der Waals surface area contributed by atoms with Crippen LogP contribution in [-0.4, -0.2) is 28.7 Å². The van der Waals surface area contributed by atoms with E-state index in [1.54, 1.807) is 0 Å². The number of nitrogens with one attached hydrogen (secondary N) is 1. The first-order chi connectivity index (χ1) is 8.48. The first-order valence-electron chi connectivity index (χ1n) is 6.42. The van der Waals surface area contributed by atoms with E-state index in [0.29, 0.717) is 12.2 Å². The summed E-state index contributed by atoms with van der Waals surface area (Å²) in [7, 11) is 1.90. The number of Topliss-reactive ketones (excluding diaryl/α,β-unsaturated/α-hetero) is 1. The molecular weight excluding hydrogens is 294 g/mol. The highest BCUT2D eigenvalue weighted by molar-refractivity contribution is 9.10. The predicted octanol–water partition coefficient (Wildman–Crippen LogP) is 1.86. The van der Waals surface area contributed by atoms with Crippen LogP contribution < -0.4 is 5.32 Å². The van der Waals surface area contributed by atoms with Crippen molar-refractivity contribution < 1.29 is 4.79 Å². The molecule has 0 spiro atoms. The Morgan fingerprint density at radius 1 is 1.61 bits per heavy atom. The van der Waals surface area contributed by atoms with Crippen LogP contribution in [0.5, 0.6) is 0 Å². The van der Waals surface area contributed by atoms with Gasteiger partial charge in [-0.1, -0.05) is 13.8 Å². The summed E-state index contributed by atoms with van der Waals surface area (Å²) in [5, 5.41) is 7.70. The lowest BCUT2D eigenvalue weighted by Gasteiger charge is -2.20. The van der Waals surface area contributed by atoms with Crippen LogP contribution in [0.15, 0.2) is 4.47 Å². The zero-order valence-electron chi connectivity index (χ0n) is 11.2. The third-order valence-electron chi connectivity index (χ3n) is 3.87. The Hall–Kier alpha value is -0.680. The summed E-state index contributed by atoms with van der Waals surface area (Å²) in [6.45, 7) is 5.86. The maximum Gasteiger partial charge on any atom is 0.146 e. The van der Waals surface area contributed by atoms with Crippen LogP contribution in [0.2, 0.25) is 0 Å². The van der Waals surface area contributed by atoms with Gasteiger partial charge in [-0.2, -0.15) is 5.10 Å². The molecule has 1 aliphatic rings. The highest BCUT2D eigenvalue weighted by Gasteiger charge is 2.36. The second-order valence-electron chi connectivity index (χ2n) is 5.27. The molecule has 0 amide bonds. The minimum atomic E-state index is -0.212. The molecule has 1 atom stereocenters. The van der Waals surface area contributed by atoms with Gasteiger partial charge in [-0.15, -0.1) is 0 Å². The molecule has 1 aromatic heterocycles. The molecule has 1 fully saturated rings. The predicted molar refractivity (Wildman–Crippen MR) is 74.6 cm³/mol. The largest absolute Gasteiger partial charge is 0.316 e. The number of hydrogen-bond donors (Lipinski definition) is 1. The van der Waals surface area contributed by atoms with E-state index in [0.717, 1.165) is 41.8 Å². The Morgan fingerprint density at radius 2 is 2.33 bits per heavy atom. The van der Waals surface area contributed by atoms with E-state index < -0.39 is 0 Å². The average molecular weight is 314 g/mol. The Labute approximate surface area is 116 Å². The van der Waals surface area contributed by atoms with Crippen LogP contribution >= 0.6 is 15.9 Å². The first kappa shape index (κ1) is 13.7. The van der Waals surface area contributed by atoms with Crippen LogP contribution in [0.1, 0.15) is 31.7 Å². The van der Waals surface area contributed by atoms with Gasteiger partial charge in [0.2, 0.25) is 0 Å². The van der Waals surface area contributed by atoms with Gasteiger partial charge in [-0.05, 0) is 35.3 Å². The van der Waals surface area contributed by atoms with Crippen molar-refractivity contribution in [2.45, 2.75) is 33.1 Å². The Morgan fingerprint density at radius 3 is 2.83 bits per heavy atom. The van der Waals surface area contributed by atoms with Crippen LogP contribution in [-0.2, 0) is 24.7 Å². The van der Waals surface area contributed by atoms with Crippen molar-refractivity contribution in [3.8, 4) is 0 Å². The zero-order chi connectivity index (χ0) is 13.3. The van der Waals surface area contributed by atoms with Gasteiger partial charge < -0.3 is 5.32 Å². The zero-order valence-corrected chi connectivity index (χ0v) is 12.8. The third-order valence-corrected chi connectivity index (χ3v) is 4.79. The maximum absolute atomic E-state index is 12.4. The summed E-state index contributed by atoms with van der Waals surface area (Å²) in [4.78, 5) is 12.4. The fourth-order valence-electron chi connectivity index (χ4n) is 2.43. The van der Waals surface area contributed by atoms with Crippen molar-refractivity contribution in [1.29, 1.82) is 0 Å². The van der Waals surface area contributed by atoms with Crippen LogP contribution in [0.25, 0.3) is 0 Å². The number of hydrogen-bond acceptors (Lipinski definition) is 3. The summed E-state index contributed by atoms with van der Waals surface area (Å²) in [5.74, 6) is 0.304. The lowest BCUT2D eigenvalue weighted by Crippen LogP contribution is -2.32. The van der Waals surface area contributed by atoms with E-state index in [4.69, 9.17) is 0 Å². The van der Waals surface area contributed by atoms with Gasteiger partial charge >= 0.3 is 0 Å². The molecule has 2 heterocycles. The topological polar surface area (TPSA) is 46.9 Å². The molecule has 4 nitrogen and oxygen atoms in total. The number of halogens is 1. The number of carbonyl (C=O) groups is 1. The number of aromatic nitrogens is 2. The smallest absolute Gasteiger partial charge is 0.146 e. The molecule has 5 heteroatoms. The SMILES string of the molecule is CCc1nn(C)c(CC(=O)C2(C)CCNC2)c1Br. The molecule has 2 rings (SSSR count). The van der Waals surface area contributed by atoms with Gasteiger partial charge in [-0.25, -0.2) is 0 Å². The number of nitrogens with zero attached hydrogens (tertiary/aromatic N) is 2. The number of carbonyl (C=O) groups excluding carboxylic acids is 1. The van der Waals surface area contributed by atoms with E-state index >= 15 is 0 Å². The molecule has 1 saturated heterocycles. The molecule has 1 N–H and O–H groups in total. The van der Waals surface area contributed by atoms with Gasteiger partial charge in [0.1, 0.15) is 5.78 Å². The molecule has 1 unspecified atom stereocenters. The quantitative estimate of drug-likeness (QED) is 0.923. The summed E-state index contributed by atoms with van der Waals surface area (Å²) in [6.07, 6.45) is 2.27. The molecular formula is C13H20BrN3O. The van der Waals surface area contributed by atoms with Crippen molar-refractivity contribution in [2.24, 2.45) is 12.5 Å². The normalized spacial score (nSPS) is 23.6. The first-order valence-corrected chi connectivity index (χ1v) is 7.21. The summed E-state index contributed by atoms with van der Waals surface area (Å²) in [5.41, 5.74) is 1.80. The van der Waals surface area contributed by atoms with Crippen LogP contribution in [0.4, 0.5) is 0 Å². The third kappa shape index (κ3) is 2.38. The van der Waals surface area contributed by atoms with Gasteiger partial charge in [0.15, 0.2) is 0 Å². The summed E-state index contributed by atoms with van der Waals surface area (Å²) >= 11 is 3.57. The van der Waals surface area contributed by atoms with E-state index in [2.05, 4.69) is 40.2 Å². The molecule has 0 saturated carbocycles. The number of rotatable bonds is 4. The second kappa shape index (κ2) is 5.13. The number of ketones is 1. The molecule has 0 radical (unpaired) electrons. The van der Waals surface area contributed by atoms with E-state index in [1.807, 2.05) is 11.7 Å². The van der Waals surface area contributed by atoms with Crippen molar-refractivity contribution >= 4 is 21.7 Å². The average Bonchev–Trinajstić information content (AvgIpc) is 2.89. The van der Waals surface area contributed by atoms with Gasteiger partial charge in [-0.3, -0.25) is 9.48 Å². The summed E-state index contributed by atoms with van der Waals surface area (Å²) < 4.78 is 2.82. The molecule has 18 heavy (non-hydrogen) atoms. The number of aryl methyl sites for hydroxylation is 2. The molecule has 1 aliphatic heterocycles. The Kier molecular flexibility index (Phi) is 3.92. The maximum atomic E-state index is 12.4. The Balaban J connectivity index is 2.19. The van der Waals surface area contributed by atoms with E-state index in [-0.39, 0.29) is 5.41 Å². The molecule has 0 aromatic carbocycles. The minimum Gasteiger partial charge on any atom is -0.316 e. The fourth-order valence-corrected chi connectivity index (χ4v) is 3.19. The van der Waals surface area contributed by atoms with E-state index in [1.165, 1.54) is 0 Å². The lowest BCUT2D eigenvalue weighted by molar-refractivity contribution is -0.126. The van der Waals surface area contributed by atoms with Gasteiger partial charge in [0.05, 0.1) is 22.3 Å². The standard InChI is InChI=1S/C13H20BrN3O/c1-4-9-12(14)10(17(3)16-9)7-11(18)13(2)5-6-15-8-13/h15H,4-8H2,1-3H3. The fraction of sp³-hybridized carbons (Fsp3) is 0.692. The van der Waals surface area contributed by atoms with Crippen molar-refractivity contribution in [1.82, 2.24) is 15.1 Å². The van der Waals surface area contributed by atoms with Crippen molar-refractivity contribution in [3.05, 3.63) is 15.9 Å². The lowest BCUT2D eigenvalue weighted by atomic mass is 9.83.